The molecule has 0 aliphatic rings. The molecule has 0 aliphatic heterocycles. The van der Waals surface area contributed by atoms with Crippen LogP contribution < -0.4 is 0 Å². The predicted octanol–water partition coefficient (Wildman–Crippen LogP) is 3.62. The molecule has 76 valence electrons. The number of hydrogen-bond donors (Lipinski definition) is 1. The second-order valence-electron chi connectivity index (χ2n) is 2.70. The van der Waals surface area contributed by atoms with Gasteiger partial charge in [0.2, 0.25) is 0 Å². The summed E-state index contributed by atoms with van der Waals surface area (Å²) in [5.41, 5.74) is 0.835. The predicted molar refractivity (Wildman–Crippen MR) is 63.5 cm³/mol. The van der Waals surface area contributed by atoms with Crippen LogP contribution in [0.15, 0.2) is 24.3 Å². The van der Waals surface area contributed by atoms with Gasteiger partial charge in [0, 0.05) is 5.02 Å². The van der Waals surface area contributed by atoms with Gasteiger partial charge in [0.05, 0.1) is 4.83 Å². The third-order valence-corrected chi connectivity index (χ3v) is 4.58. The molecule has 0 aliphatic carbocycles. The van der Waals surface area contributed by atoms with E-state index in [0.717, 1.165) is 5.56 Å². The molecule has 2 atom stereocenters. The zero-order chi connectivity index (χ0) is 10.7. The Balaban J connectivity index is 2.89. The molecular weight excluding hydrogens is 335 g/mol. The lowest BCUT2D eigenvalue weighted by Crippen LogP contribution is -2.17. The number of halogens is 3. The van der Waals surface area contributed by atoms with Gasteiger partial charge >= 0.3 is 5.97 Å². The summed E-state index contributed by atoms with van der Waals surface area (Å²) < 4.78 is 0. The molecule has 1 rings (SSSR count). The van der Waals surface area contributed by atoms with Crippen molar-refractivity contribution in [2.75, 3.05) is 0 Å². The first-order valence-corrected chi connectivity index (χ1v) is 5.99. The zero-order valence-corrected chi connectivity index (χ0v) is 10.9. The highest BCUT2D eigenvalue weighted by atomic mass is 79.9. The van der Waals surface area contributed by atoms with Crippen molar-refractivity contribution >= 4 is 49.4 Å². The number of hydrogen-bond acceptors (Lipinski definition) is 1. The maximum Gasteiger partial charge on any atom is 0.318 e. The van der Waals surface area contributed by atoms with E-state index in [2.05, 4.69) is 31.9 Å². The summed E-state index contributed by atoms with van der Waals surface area (Å²) in [6, 6.07) is 7.09. The number of aliphatic carboxylic acids is 1. The number of carbonyl (C=O) groups is 1. The van der Waals surface area contributed by atoms with E-state index in [4.69, 9.17) is 16.7 Å². The minimum Gasteiger partial charge on any atom is -0.480 e. The lowest BCUT2D eigenvalue weighted by Gasteiger charge is -2.13. The Kier molecular flexibility index (Phi) is 4.41. The molecule has 0 heterocycles. The van der Waals surface area contributed by atoms with Gasteiger partial charge in [0.15, 0.2) is 0 Å². The minimum absolute atomic E-state index is 0.293. The smallest absolute Gasteiger partial charge is 0.318 e. The molecule has 1 aromatic rings. The number of carboxylic acid groups (broad SMARTS) is 1. The number of benzene rings is 1. The quantitative estimate of drug-likeness (QED) is 0.852. The second-order valence-corrected chi connectivity index (χ2v) is 5.11. The van der Waals surface area contributed by atoms with E-state index in [1.54, 1.807) is 18.2 Å². The highest BCUT2D eigenvalue weighted by Crippen LogP contribution is 2.32. The molecular formula is C9H7Br2ClO2. The summed E-state index contributed by atoms with van der Waals surface area (Å²) in [4.78, 5) is 9.73. The van der Waals surface area contributed by atoms with Gasteiger partial charge in [-0.05, 0) is 17.7 Å². The molecule has 0 aromatic heterocycles. The van der Waals surface area contributed by atoms with Crippen molar-refractivity contribution in [3.05, 3.63) is 34.9 Å². The van der Waals surface area contributed by atoms with E-state index in [-0.39, 0.29) is 4.83 Å². The van der Waals surface area contributed by atoms with Crippen LogP contribution >= 0.6 is 43.5 Å². The Bertz CT molecular complexity index is 343. The fourth-order valence-electron chi connectivity index (χ4n) is 0.972. The van der Waals surface area contributed by atoms with Crippen molar-refractivity contribution in [2.45, 2.75) is 9.65 Å². The van der Waals surface area contributed by atoms with E-state index >= 15 is 0 Å². The van der Waals surface area contributed by atoms with Crippen molar-refractivity contribution in [1.82, 2.24) is 0 Å². The van der Waals surface area contributed by atoms with Crippen LogP contribution in [0.3, 0.4) is 0 Å². The second kappa shape index (κ2) is 5.14. The molecule has 1 N–H and O–H groups in total. The summed E-state index contributed by atoms with van der Waals surface area (Å²) in [7, 11) is 0. The molecule has 0 radical (unpaired) electrons. The Morgan fingerprint density at radius 2 is 2.07 bits per heavy atom. The van der Waals surface area contributed by atoms with Crippen molar-refractivity contribution < 1.29 is 9.90 Å². The Hall–Kier alpha value is -0.0600. The third-order valence-electron chi connectivity index (χ3n) is 1.66. The summed E-state index contributed by atoms with van der Waals surface area (Å²) in [6.45, 7) is 0. The van der Waals surface area contributed by atoms with Crippen LogP contribution in [0.4, 0.5) is 0 Å². The largest absolute Gasteiger partial charge is 0.480 e. The Morgan fingerprint density at radius 3 is 2.57 bits per heavy atom. The van der Waals surface area contributed by atoms with Crippen LogP contribution in [-0.2, 0) is 4.79 Å². The first kappa shape index (κ1) is 12.0. The van der Waals surface area contributed by atoms with Gasteiger partial charge in [-0.2, -0.15) is 0 Å². The SMILES string of the molecule is O=C(O)[C@@H](Br)[C@H](Br)c1cccc(Cl)c1. The van der Waals surface area contributed by atoms with Crippen molar-refractivity contribution in [2.24, 2.45) is 0 Å². The maximum absolute atomic E-state index is 10.7. The summed E-state index contributed by atoms with van der Waals surface area (Å²) in [5.74, 6) is -0.910. The first-order chi connectivity index (χ1) is 6.52. The van der Waals surface area contributed by atoms with Gasteiger partial charge in [0.25, 0.3) is 0 Å². The highest BCUT2D eigenvalue weighted by molar-refractivity contribution is 9.12. The van der Waals surface area contributed by atoms with Crippen molar-refractivity contribution in [3.8, 4) is 0 Å². The van der Waals surface area contributed by atoms with Crippen LogP contribution in [0.2, 0.25) is 5.02 Å². The van der Waals surface area contributed by atoms with Crippen LogP contribution in [0.25, 0.3) is 0 Å². The number of rotatable bonds is 3. The van der Waals surface area contributed by atoms with Gasteiger partial charge in [0.1, 0.15) is 4.83 Å². The zero-order valence-electron chi connectivity index (χ0n) is 6.95. The molecule has 0 amide bonds. The van der Waals surface area contributed by atoms with E-state index in [0.29, 0.717) is 5.02 Å². The molecule has 0 bridgehead atoms. The average molecular weight is 342 g/mol. The van der Waals surface area contributed by atoms with Crippen molar-refractivity contribution in [1.29, 1.82) is 0 Å². The van der Waals surface area contributed by atoms with E-state index in [1.807, 2.05) is 6.07 Å². The average Bonchev–Trinajstić information content (AvgIpc) is 2.15. The molecule has 1 aromatic carbocycles. The number of carboxylic acids is 1. The molecule has 14 heavy (non-hydrogen) atoms. The van der Waals surface area contributed by atoms with E-state index < -0.39 is 10.8 Å². The molecule has 5 heteroatoms. The maximum atomic E-state index is 10.7. The van der Waals surface area contributed by atoms with E-state index in [1.165, 1.54) is 0 Å². The standard InChI is InChI=1S/C9H7Br2ClO2/c10-7(8(11)9(13)14)5-2-1-3-6(12)4-5/h1-4,7-8H,(H,13,14)/t7-,8+/m1/s1. The van der Waals surface area contributed by atoms with Crippen LogP contribution in [-0.4, -0.2) is 15.9 Å². The normalized spacial score (nSPS) is 14.8. The summed E-state index contributed by atoms with van der Waals surface area (Å²) in [5, 5.41) is 9.37. The first-order valence-electron chi connectivity index (χ1n) is 3.79. The molecule has 0 saturated heterocycles. The van der Waals surface area contributed by atoms with Crippen LogP contribution in [0.1, 0.15) is 10.4 Å². The molecule has 0 spiro atoms. The van der Waals surface area contributed by atoms with Gasteiger partial charge in [-0.1, -0.05) is 55.6 Å². The third kappa shape index (κ3) is 2.97. The lowest BCUT2D eigenvalue weighted by atomic mass is 10.1. The van der Waals surface area contributed by atoms with Gasteiger partial charge in [-0.25, -0.2) is 0 Å². The topological polar surface area (TPSA) is 37.3 Å². The molecule has 0 fully saturated rings. The Labute approximate surface area is 104 Å². The molecule has 0 unspecified atom stereocenters. The van der Waals surface area contributed by atoms with Gasteiger partial charge in [-0.15, -0.1) is 0 Å². The van der Waals surface area contributed by atoms with Crippen LogP contribution in [0, 0.1) is 0 Å². The molecule has 0 saturated carbocycles. The highest BCUT2D eigenvalue weighted by Gasteiger charge is 2.24. The van der Waals surface area contributed by atoms with Gasteiger partial charge < -0.3 is 5.11 Å². The Morgan fingerprint density at radius 1 is 1.43 bits per heavy atom. The van der Waals surface area contributed by atoms with Crippen molar-refractivity contribution in [3.63, 3.8) is 0 Å². The van der Waals surface area contributed by atoms with E-state index in [9.17, 15) is 4.79 Å². The summed E-state index contributed by atoms with van der Waals surface area (Å²) in [6.07, 6.45) is 0. The lowest BCUT2D eigenvalue weighted by molar-refractivity contribution is -0.136. The minimum atomic E-state index is -0.910. The fraction of sp³-hybridized carbons (Fsp3) is 0.222. The van der Waals surface area contributed by atoms with Crippen LogP contribution in [0.5, 0.6) is 0 Å². The molecule has 2 nitrogen and oxygen atoms in total. The van der Waals surface area contributed by atoms with Gasteiger partial charge in [-0.3, -0.25) is 4.79 Å². The monoisotopic (exact) mass is 340 g/mol. The fourth-order valence-corrected chi connectivity index (χ4v) is 1.99. The summed E-state index contributed by atoms with van der Waals surface area (Å²) >= 11 is 12.2. The number of alkyl halides is 2.